The molecule has 0 bridgehead atoms. The maximum absolute atomic E-state index is 8.60. The van der Waals surface area contributed by atoms with Crippen molar-refractivity contribution in [1.82, 2.24) is 9.88 Å². The average molecular weight is 189 g/mol. The summed E-state index contributed by atoms with van der Waals surface area (Å²) in [7, 11) is 0. The predicted octanol–water partition coefficient (Wildman–Crippen LogP) is 1.74. The summed E-state index contributed by atoms with van der Waals surface area (Å²) < 4.78 is 0. The van der Waals surface area contributed by atoms with Gasteiger partial charge in [0.1, 0.15) is 0 Å². The highest BCUT2D eigenvalue weighted by atomic mass is 15.1. The standard InChI is InChI=1S/C11H15N3/c1-3-14(8-6-12)9-11-10(2)5-4-7-13-11/h4-5,7H,3,8-9H2,1-2H3. The van der Waals surface area contributed by atoms with Gasteiger partial charge >= 0.3 is 0 Å². The summed E-state index contributed by atoms with van der Waals surface area (Å²) in [6.45, 7) is 6.20. The first-order valence-electron chi connectivity index (χ1n) is 4.77. The SMILES string of the molecule is CCN(CC#N)Cc1ncccc1C. The van der Waals surface area contributed by atoms with Crippen LogP contribution in [0.4, 0.5) is 0 Å². The number of aromatic nitrogens is 1. The quantitative estimate of drug-likeness (QED) is 0.677. The van der Waals surface area contributed by atoms with Crippen LogP contribution < -0.4 is 0 Å². The lowest BCUT2D eigenvalue weighted by molar-refractivity contribution is 0.310. The highest BCUT2D eigenvalue weighted by Gasteiger charge is 2.05. The van der Waals surface area contributed by atoms with Crippen LogP contribution >= 0.6 is 0 Å². The Bertz CT molecular complexity index is 328. The second kappa shape index (κ2) is 5.36. The van der Waals surface area contributed by atoms with Crippen LogP contribution in [0.2, 0.25) is 0 Å². The highest BCUT2D eigenvalue weighted by molar-refractivity contribution is 5.17. The first-order valence-corrected chi connectivity index (χ1v) is 4.77. The van der Waals surface area contributed by atoms with Crippen LogP contribution in [0.15, 0.2) is 18.3 Å². The number of pyridine rings is 1. The molecule has 74 valence electrons. The summed E-state index contributed by atoms with van der Waals surface area (Å²) in [5.41, 5.74) is 2.24. The minimum Gasteiger partial charge on any atom is -0.285 e. The first-order chi connectivity index (χ1) is 6.77. The van der Waals surface area contributed by atoms with Gasteiger partial charge in [-0.05, 0) is 25.1 Å². The largest absolute Gasteiger partial charge is 0.285 e. The van der Waals surface area contributed by atoms with Gasteiger partial charge in [-0.1, -0.05) is 13.0 Å². The Morgan fingerprint density at radius 3 is 2.93 bits per heavy atom. The molecule has 3 heteroatoms. The van der Waals surface area contributed by atoms with Gasteiger partial charge in [-0.15, -0.1) is 0 Å². The van der Waals surface area contributed by atoms with Crippen molar-refractivity contribution in [2.24, 2.45) is 0 Å². The molecule has 0 radical (unpaired) electrons. The minimum atomic E-state index is 0.465. The van der Waals surface area contributed by atoms with E-state index in [4.69, 9.17) is 5.26 Å². The van der Waals surface area contributed by atoms with Gasteiger partial charge in [0.2, 0.25) is 0 Å². The number of aryl methyl sites for hydroxylation is 1. The highest BCUT2D eigenvalue weighted by Crippen LogP contribution is 2.06. The molecule has 0 amide bonds. The van der Waals surface area contributed by atoms with Gasteiger partial charge in [0.15, 0.2) is 0 Å². The lowest BCUT2D eigenvalue weighted by Gasteiger charge is -2.16. The molecule has 1 heterocycles. The van der Waals surface area contributed by atoms with Gasteiger partial charge in [0.05, 0.1) is 18.3 Å². The summed E-state index contributed by atoms with van der Waals surface area (Å²) in [5, 5.41) is 8.60. The molecule has 0 aliphatic rings. The Morgan fingerprint density at radius 1 is 1.57 bits per heavy atom. The second-order valence-corrected chi connectivity index (χ2v) is 3.23. The fraction of sp³-hybridized carbons (Fsp3) is 0.455. The molecule has 1 aromatic heterocycles. The van der Waals surface area contributed by atoms with Crippen LogP contribution in [0.3, 0.4) is 0 Å². The Hall–Kier alpha value is -1.40. The second-order valence-electron chi connectivity index (χ2n) is 3.23. The molecule has 0 fully saturated rings. The van der Waals surface area contributed by atoms with Crippen LogP contribution in [0.25, 0.3) is 0 Å². The molecule has 0 saturated heterocycles. The fourth-order valence-corrected chi connectivity index (χ4v) is 1.28. The summed E-state index contributed by atoms with van der Waals surface area (Å²) >= 11 is 0. The number of hydrogen-bond acceptors (Lipinski definition) is 3. The van der Waals surface area contributed by atoms with Gasteiger partial charge in [0.25, 0.3) is 0 Å². The summed E-state index contributed by atoms with van der Waals surface area (Å²) in [6.07, 6.45) is 1.79. The third kappa shape index (κ3) is 2.82. The smallest absolute Gasteiger partial charge is 0.0869 e. The van der Waals surface area contributed by atoms with Crippen LogP contribution in [0.5, 0.6) is 0 Å². The van der Waals surface area contributed by atoms with E-state index in [0.717, 1.165) is 18.8 Å². The Balaban J connectivity index is 2.68. The lowest BCUT2D eigenvalue weighted by atomic mass is 10.2. The van der Waals surface area contributed by atoms with E-state index in [1.807, 2.05) is 19.1 Å². The maximum atomic E-state index is 8.60. The molecule has 0 aliphatic carbocycles. The van der Waals surface area contributed by atoms with Crippen molar-refractivity contribution >= 4 is 0 Å². The molecule has 1 rings (SSSR count). The van der Waals surface area contributed by atoms with E-state index in [9.17, 15) is 0 Å². The molecule has 0 unspecified atom stereocenters. The van der Waals surface area contributed by atoms with Crippen molar-refractivity contribution in [2.75, 3.05) is 13.1 Å². The third-order valence-electron chi connectivity index (χ3n) is 2.23. The summed E-state index contributed by atoms with van der Waals surface area (Å²) in [6, 6.07) is 6.13. The van der Waals surface area contributed by atoms with Crippen LogP contribution in [0.1, 0.15) is 18.2 Å². The topological polar surface area (TPSA) is 39.9 Å². The van der Waals surface area contributed by atoms with Crippen LogP contribution in [-0.2, 0) is 6.54 Å². The first kappa shape index (κ1) is 10.7. The van der Waals surface area contributed by atoms with Gasteiger partial charge < -0.3 is 0 Å². The summed E-state index contributed by atoms with van der Waals surface area (Å²) in [5.74, 6) is 0. The van der Waals surface area contributed by atoms with Crippen molar-refractivity contribution in [2.45, 2.75) is 20.4 Å². The number of nitriles is 1. The van der Waals surface area contributed by atoms with E-state index in [1.54, 1.807) is 6.20 Å². The number of hydrogen-bond donors (Lipinski definition) is 0. The van der Waals surface area contributed by atoms with Crippen molar-refractivity contribution in [3.05, 3.63) is 29.6 Å². The normalized spacial score (nSPS) is 10.1. The Kier molecular flexibility index (Phi) is 4.09. The Labute approximate surface area is 85.0 Å². The van der Waals surface area contributed by atoms with E-state index in [2.05, 4.69) is 22.9 Å². The molecule has 0 saturated carbocycles. The maximum Gasteiger partial charge on any atom is 0.0869 e. The van der Waals surface area contributed by atoms with E-state index < -0.39 is 0 Å². The zero-order valence-electron chi connectivity index (χ0n) is 8.70. The van der Waals surface area contributed by atoms with Gasteiger partial charge in [0, 0.05) is 12.7 Å². The summed E-state index contributed by atoms with van der Waals surface area (Å²) in [4.78, 5) is 6.36. The molecule has 0 spiro atoms. The van der Waals surface area contributed by atoms with Crippen LogP contribution in [0, 0.1) is 18.3 Å². The van der Waals surface area contributed by atoms with Gasteiger partial charge in [-0.3, -0.25) is 9.88 Å². The molecule has 0 atom stereocenters. The van der Waals surface area contributed by atoms with Gasteiger partial charge in [-0.25, -0.2) is 0 Å². The van der Waals surface area contributed by atoms with E-state index in [-0.39, 0.29) is 0 Å². The minimum absolute atomic E-state index is 0.465. The number of rotatable bonds is 4. The van der Waals surface area contributed by atoms with Crippen molar-refractivity contribution in [3.8, 4) is 6.07 Å². The molecular weight excluding hydrogens is 174 g/mol. The lowest BCUT2D eigenvalue weighted by Crippen LogP contribution is -2.24. The zero-order chi connectivity index (χ0) is 10.4. The van der Waals surface area contributed by atoms with Crippen LogP contribution in [-0.4, -0.2) is 23.0 Å². The molecule has 0 aliphatic heterocycles. The van der Waals surface area contributed by atoms with E-state index >= 15 is 0 Å². The predicted molar refractivity (Wildman–Crippen MR) is 55.5 cm³/mol. The molecule has 3 nitrogen and oxygen atoms in total. The molecule has 0 N–H and O–H groups in total. The average Bonchev–Trinajstić information content (AvgIpc) is 2.20. The van der Waals surface area contributed by atoms with Gasteiger partial charge in [-0.2, -0.15) is 5.26 Å². The zero-order valence-corrected chi connectivity index (χ0v) is 8.70. The van der Waals surface area contributed by atoms with Crippen molar-refractivity contribution in [1.29, 1.82) is 5.26 Å². The molecular formula is C11H15N3. The third-order valence-corrected chi connectivity index (χ3v) is 2.23. The number of nitrogens with zero attached hydrogens (tertiary/aromatic N) is 3. The fourth-order valence-electron chi connectivity index (χ4n) is 1.28. The Morgan fingerprint density at radius 2 is 2.36 bits per heavy atom. The van der Waals surface area contributed by atoms with E-state index in [1.165, 1.54) is 5.56 Å². The molecule has 14 heavy (non-hydrogen) atoms. The monoisotopic (exact) mass is 189 g/mol. The molecule has 1 aromatic rings. The van der Waals surface area contributed by atoms with Crippen molar-refractivity contribution in [3.63, 3.8) is 0 Å². The van der Waals surface area contributed by atoms with Crippen molar-refractivity contribution < 1.29 is 0 Å². The van der Waals surface area contributed by atoms with E-state index in [0.29, 0.717) is 6.54 Å². The molecule has 0 aromatic carbocycles.